The molecule has 170 valence electrons. The highest BCUT2D eigenvalue weighted by Crippen LogP contribution is 2.21. The van der Waals surface area contributed by atoms with Gasteiger partial charge in [-0.1, -0.05) is 43.1 Å². The van der Waals surface area contributed by atoms with Crippen LogP contribution >= 0.6 is 23.2 Å². The van der Waals surface area contributed by atoms with Crippen LogP contribution in [0.25, 0.3) is 5.65 Å². The van der Waals surface area contributed by atoms with Gasteiger partial charge in [-0.2, -0.15) is 0 Å². The van der Waals surface area contributed by atoms with Crippen LogP contribution in [0, 0.1) is 5.92 Å². The van der Waals surface area contributed by atoms with Crippen LogP contribution in [0.4, 0.5) is 0 Å². The van der Waals surface area contributed by atoms with Crippen molar-refractivity contribution < 1.29 is 9.59 Å². The number of fused-ring (bicyclic) bond motifs is 1. The summed E-state index contributed by atoms with van der Waals surface area (Å²) in [6.07, 6.45) is 2.64. The molecule has 1 atom stereocenters. The fraction of sp³-hybridized carbons (Fsp3) is 0.364. The molecule has 2 heterocycles. The number of nitrogens with zero attached hydrogens (tertiary/aromatic N) is 3. The van der Waals surface area contributed by atoms with Crippen molar-refractivity contribution in [2.24, 2.45) is 5.92 Å². The molecule has 3 rings (SSSR count). The van der Waals surface area contributed by atoms with E-state index in [4.69, 9.17) is 23.2 Å². The number of aromatic nitrogens is 3. The average molecular weight is 478 g/mol. The molecule has 0 bridgehead atoms. The number of halogens is 2. The molecule has 0 aliphatic rings. The summed E-state index contributed by atoms with van der Waals surface area (Å²) in [7, 11) is 0. The number of benzene rings is 1. The molecule has 2 aromatic heterocycles. The summed E-state index contributed by atoms with van der Waals surface area (Å²) in [5.74, 6) is -0.550. The molecule has 0 spiro atoms. The van der Waals surface area contributed by atoms with Gasteiger partial charge in [0.15, 0.2) is 5.65 Å². The summed E-state index contributed by atoms with van der Waals surface area (Å²) in [4.78, 5) is 37.7. The first-order chi connectivity index (χ1) is 15.3. The lowest BCUT2D eigenvalue weighted by Gasteiger charge is -2.20. The number of carbonyl (C=O) groups is 2. The maximum atomic E-state index is 12.7. The molecule has 2 N–H and O–H groups in total. The lowest BCUT2D eigenvalue weighted by molar-refractivity contribution is -0.123. The van der Waals surface area contributed by atoms with E-state index in [1.54, 1.807) is 24.4 Å². The van der Waals surface area contributed by atoms with E-state index in [0.717, 1.165) is 0 Å². The highest BCUT2D eigenvalue weighted by molar-refractivity contribution is 6.36. The molecule has 32 heavy (non-hydrogen) atoms. The topological polar surface area (TPSA) is 97.5 Å². The fourth-order valence-electron chi connectivity index (χ4n) is 3.29. The van der Waals surface area contributed by atoms with E-state index in [2.05, 4.69) is 15.7 Å². The lowest BCUT2D eigenvalue weighted by Crippen LogP contribution is -2.47. The molecule has 0 saturated heterocycles. The number of carbonyl (C=O) groups excluding carboxylic acids is 2. The van der Waals surface area contributed by atoms with Gasteiger partial charge in [0.1, 0.15) is 6.04 Å². The number of rotatable bonds is 9. The van der Waals surface area contributed by atoms with Gasteiger partial charge in [-0.25, -0.2) is 9.48 Å². The first-order valence-corrected chi connectivity index (χ1v) is 11.1. The van der Waals surface area contributed by atoms with Crippen molar-refractivity contribution >= 4 is 40.7 Å². The van der Waals surface area contributed by atoms with E-state index < -0.39 is 11.9 Å². The van der Waals surface area contributed by atoms with Gasteiger partial charge in [-0.15, -0.1) is 5.10 Å². The standard InChI is InChI=1S/C22H25Cl2N5O3/c1-14(2)12-18(26-20(30)16-8-7-15(23)13-17(16)24)21(31)25-9-5-11-29-22(32)28-10-4-3-6-19(28)27-29/h3-4,6-8,10,13-14,18H,5,9,11-12H2,1-2H3,(H,25,31)(H,26,30). The zero-order chi connectivity index (χ0) is 23.3. The van der Waals surface area contributed by atoms with Crippen molar-refractivity contribution in [3.63, 3.8) is 0 Å². The van der Waals surface area contributed by atoms with E-state index in [9.17, 15) is 14.4 Å². The predicted octanol–water partition coefficient (Wildman–Crippen LogP) is 3.15. The van der Waals surface area contributed by atoms with E-state index >= 15 is 0 Å². The molecule has 3 aromatic rings. The van der Waals surface area contributed by atoms with Gasteiger partial charge in [0, 0.05) is 24.3 Å². The molecule has 0 aliphatic heterocycles. The number of pyridine rings is 1. The van der Waals surface area contributed by atoms with Crippen molar-refractivity contribution in [1.82, 2.24) is 24.8 Å². The van der Waals surface area contributed by atoms with Crippen molar-refractivity contribution in [2.45, 2.75) is 39.3 Å². The second kappa shape index (κ2) is 10.7. The Kier molecular flexibility index (Phi) is 7.93. The molecule has 8 nitrogen and oxygen atoms in total. The van der Waals surface area contributed by atoms with Crippen LogP contribution in [0.2, 0.25) is 10.0 Å². The van der Waals surface area contributed by atoms with E-state index in [1.807, 2.05) is 19.9 Å². The number of hydrogen-bond donors (Lipinski definition) is 2. The molecule has 0 aliphatic carbocycles. The number of hydrogen-bond acceptors (Lipinski definition) is 4. The summed E-state index contributed by atoms with van der Waals surface area (Å²) in [6, 6.07) is 9.20. The molecular weight excluding hydrogens is 453 g/mol. The second-order valence-corrected chi connectivity index (χ2v) is 8.70. The molecule has 0 radical (unpaired) electrons. The third kappa shape index (κ3) is 5.89. The van der Waals surface area contributed by atoms with E-state index in [-0.39, 0.29) is 28.1 Å². The zero-order valence-electron chi connectivity index (χ0n) is 17.8. The SMILES string of the molecule is CC(C)CC(NC(=O)c1ccc(Cl)cc1Cl)C(=O)NCCCn1nc2ccccn2c1=O. The zero-order valence-corrected chi connectivity index (χ0v) is 19.4. The van der Waals surface area contributed by atoms with Crippen LogP contribution in [0.15, 0.2) is 47.4 Å². The van der Waals surface area contributed by atoms with Crippen LogP contribution in [0.3, 0.4) is 0 Å². The normalized spacial score (nSPS) is 12.2. The van der Waals surface area contributed by atoms with E-state index in [1.165, 1.54) is 21.2 Å². The minimum Gasteiger partial charge on any atom is -0.354 e. The van der Waals surface area contributed by atoms with Gasteiger partial charge in [0.2, 0.25) is 5.91 Å². The van der Waals surface area contributed by atoms with Crippen LogP contribution in [0.1, 0.15) is 37.0 Å². The van der Waals surface area contributed by atoms with Gasteiger partial charge >= 0.3 is 5.69 Å². The number of nitrogens with one attached hydrogen (secondary N) is 2. The largest absolute Gasteiger partial charge is 0.354 e. The molecule has 10 heteroatoms. The average Bonchev–Trinajstić information content (AvgIpc) is 3.06. The molecule has 2 amide bonds. The summed E-state index contributed by atoms with van der Waals surface area (Å²) in [5, 5.41) is 10.5. The number of amides is 2. The minimum atomic E-state index is -0.716. The van der Waals surface area contributed by atoms with Crippen molar-refractivity contribution in [1.29, 1.82) is 0 Å². The van der Waals surface area contributed by atoms with Gasteiger partial charge < -0.3 is 10.6 Å². The van der Waals surface area contributed by atoms with Crippen LogP contribution < -0.4 is 16.3 Å². The Balaban J connectivity index is 1.57. The Morgan fingerprint density at radius 1 is 1.16 bits per heavy atom. The highest BCUT2D eigenvalue weighted by Gasteiger charge is 2.23. The third-order valence-corrected chi connectivity index (χ3v) is 5.39. The Morgan fingerprint density at radius 2 is 1.94 bits per heavy atom. The van der Waals surface area contributed by atoms with Gasteiger partial charge in [-0.3, -0.25) is 14.0 Å². The van der Waals surface area contributed by atoms with Gasteiger partial charge in [0.25, 0.3) is 5.91 Å². The maximum absolute atomic E-state index is 12.7. The third-order valence-electron chi connectivity index (χ3n) is 4.84. The van der Waals surface area contributed by atoms with Crippen LogP contribution in [-0.2, 0) is 11.3 Å². The van der Waals surface area contributed by atoms with Crippen molar-refractivity contribution in [2.75, 3.05) is 6.54 Å². The van der Waals surface area contributed by atoms with E-state index in [0.29, 0.717) is 36.6 Å². The quantitative estimate of drug-likeness (QED) is 0.462. The summed E-state index contributed by atoms with van der Waals surface area (Å²) in [6.45, 7) is 4.64. The lowest BCUT2D eigenvalue weighted by atomic mass is 10.0. The number of aryl methyl sites for hydroxylation is 1. The molecular formula is C22H25Cl2N5O3. The summed E-state index contributed by atoms with van der Waals surface area (Å²) in [5.41, 5.74) is 0.600. The Hall–Kier alpha value is -2.84. The molecule has 0 fully saturated rings. The van der Waals surface area contributed by atoms with Crippen molar-refractivity contribution in [3.8, 4) is 0 Å². The fourth-order valence-corrected chi connectivity index (χ4v) is 3.78. The first kappa shape index (κ1) is 23.8. The van der Waals surface area contributed by atoms with Crippen LogP contribution in [-0.4, -0.2) is 38.6 Å². The van der Waals surface area contributed by atoms with Crippen molar-refractivity contribution in [3.05, 3.63) is 68.7 Å². The highest BCUT2D eigenvalue weighted by atomic mass is 35.5. The maximum Gasteiger partial charge on any atom is 0.350 e. The minimum absolute atomic E-state index is 0.184. The smallest absolute Gasteiger partial charge is 0.350 e. The Bertz CT molecular complexity index is 1170. The Morgan fingerprint density at radius 3 is 2.62 bits per heavy atom. The molecule has 0 saturated carbocycles. The second-order valence-electron chi connectivity index (χ2n) is 7.86. The van der Waals surface area contributed by atoms with Crippen LogP contribution in [0.5, 0.6) is 0 Å². The summed E-state index contributed by atoms with van der Waals surface area (Å²) >= 11 is 12.0. The monoisotopic (exact) mass is 477 g/mol. The molecule has 1 unspecified atom stereocenters. The first-order valence-electron chi connectivity index (χ1n) is 10.3. The Labute approximate surface area is 195 Å². The summed E-state index contributed by atoms with van der Waals surface area (Å²) < 4.78 is 2.84. The molecule has 1 aromatic carbocycles. The van der Waals surface area contributed by atoms with Gasteiger partial charge in [-0.05, 0) is 49.1 Å². The predicted molar refractivity (Wildman–Crippen MR) is 124 cm³/mol. The van der Waals surface area contributed by atoms with Gasteiger partial charge in [0.05, 0.1) is 10.6 Å².